The number of hydrogen-bond donors (Lipinski definition) is 6. The number of ether oxygens (including phenoxy) is 1. The molecular formula is C31H48N6O9. The maximum absolute atomic E-state index is 12.6. The number of amides is 7. The molecule has 1 aromatic rings. The Kier molecular flexibility index (Phi) is 16.8. The summed E-state index contributed by atoms with van der Waals surface area (Å²) in [5.41, 5.74) is 5.15. The first kappa shape index (κ1) is 39.3. The van der Waals surface area contributed by atoms with Crippen molar-refractivity contribution in [3.63, 3.8) is 0 Å². The normalized spacial score (nSPS) is 14.1. The number of rotatable bonds is 16. The summed E-state index contributed by atoms with van der Waals surface area (Å²) in [4.78, 5) is 83.2. The number of unbranched alkanes of at least 4 members (excludes halogenated alkanes) is 2. The molecule has 1 unspecified atom stereocenters. The minimum Gasteiger partial charge on any atom is -0.450 e. The Morgan fingerprint density at radius 1 is 1.00 bits per heavy atom. The number of anilines is 1. The van der Waals surface area contributed by atoms with Crippen molar-refractivity contribution < 1.29 is 43.4 Å². The van der Waals surface area contributed by atoms with Crippen molar-refractivity contribution >= 4 is 47.4 Å². The van der Waals surface area contributed by atoms with Gasteiger partial charge >= 0.3 is 12.2 Å². The Morgan fingerprint density at radius 3 is 2.15 bits per heavy atom. The molecule has 2 rings (SSSR count). The van der Waals surface area contributed by atoms with Gasteiger partial charge in [-0.2, -0.15) is 0 Å². The van der Waals surface area contributed by atoms with Crippen LogP contribution in [0.3, 0.4) is 0 Å². The standard InChI is InChI=1S/C27H38N4O8.C4H10N2O/c1-17(2)23(30-20(32)8-6-5-7-13-31-22(34)14-27(3,4)25(31)36)24(35)28-15-21(33)29-19-11-9-18(10-12-19)16-39-26(37)38;1-2-3-6-4(5)7/h9-12,17,23H,5-8,13-16H2,1-4H3,(H,28,35)(H,29,33)(H,30,32)(H,37,38);2-3H2,1H3,(H3,5,6,7). The second kappa shape index (κ2) is 19.6. The fraction of sp³-hybridized carbons (Fsp3) is 0.581. The molecule has 256 valence electrons. The summed E-state index contributed by atoms with van der Waals surface area (Å²) in [6, 6.07) is 5.11. The van der Waals surface area contributed by atoms with Gasteiger partial charge in [0.25, 0.3) is 0 Å². The average Bonchev–Trinajstić information content (AvgIpc) is 3.18. The molecule has 1 aromatic carbocycles. The Bertz CT molecular complexity index is 1220. The van der Waals surface area contributed by atoms with Gasteiger partial charge in [0.1, 0.15) is 12.6 Å². The topological polar surface area (TPSA) is 226 Å². The highest BCUT2D eigenvalue weighted by Gasteiger charge is 2.44. The van der Waals surface area contributed by atoms with E-state index in [-0.39, 0.29) is 49.6 Å². The van der Waals surface area contributed by atoms with Gasteiger partial charge in [-0.25, -0.2) is 9.59 Å². The number of nitrogens with one attached hydrogen (secondary N) is 4. The summed E-state index contributed by atoms with van der Waals surface area (Å²) in [6.07, 6.45) is 1.75. The molecule has 0 aromatic heterocycles. The highest BCUT2D eigenvalue weighted by Crippen LogP contribution is 2.31. The zero-order chi connectivity index (χ0) is 34.9. The van der Waals surface area contributed by atoms with E-state index in [1.54, 1.807) is 52.0 Å². The van der Waals surface area contributed by atoms with Crippen LogP contribution in [0, 0.1) is 11.3 Å². The number of carboxylic acid groups (broad SMARTS) is 1. The van der Waals surface area contributed by atoms with E-state index in [1.165, 1.54) is 4.90 Å². The minimum absolute atomic E-state index is 0.110. The number of nitrogens with zero attached hydrogens (tertiary/aromatic N) is 1. The molecule has 0 radical (unpaired) electrons. The Morgan fingerprint density at radius 2 is 1.65 bits per heavy atom. The Labute approximate surface area is 269 Å². The van der Waals surface area contributed by atoms with Crippen molar-refractivity contribution in [2.45, 2.75) is 85.8 Å². The third kappa shape index (κ3) is 14.9. The quantitative estimate of drug-likeness (QED) is 0.0878. The molecule has 1 fully saturated rings. The van der Waals surface area contributed by atoms with Gasteiger partial charge < -0.3 is 36.8 Å². The van der Waals surface area contributed by atoms with Crippen LogP contribution in [0.2, 0.25) is 0 Å². The molecule has 1 heterocycles. The van der Waals surface area contributed by atoms with Crippen molar-refractivity contribution in [1.82, 2.24) is 20.9 Å². The van der Waals surface area contributed by atoms with Crippen LogP contribution in [-0.4, -0.2) is 77.4 Å². The van der Waals surface area contributed by atoms with Crippen molar-refractivity contribution in [3.05, 3.63) is 29.8 Å². The summed E-state index contributed by atoms with van der Waals surface area (Å²) in [5.74, 6) is -1.79. The van der Waals surface area contributed by atoms with E-state index >= 15 is 0 Å². The van der Waals surface area contributed by atoms with Crippen LogP contribution in [0.25, 0.3) is 0 Å². The van der Waals surface area contributed by atoms with Crippen molar-refractivity contribution in [2.24, 2.45) is 17.1 Å². The van der Waals surface area contributed by atoms with Gasteiger partial charge in [0, 0.05) is 31.6 Å². The van der Waals surface area contributed by atoms with Crippen LogP contribution in [0.15, 0.2) is 24.3 Å². The summed E-state index contributed by atoms with van der Waals surface area (Å²) in [6.45, 7) is 9.66. The SMILES string of the molecule is CC(C)C(NC(=O)CCCCCN1C(=O)CC(C)(C)C1=O)C(=O)NCC(=O)Nc1ccc(COC(=O)O)cc1.CCCNC(N)=O. The van der Waals surface area contributed by atoms with E-state index in [0.29, 0.717) is 43.6 Å². The predicted octanol–water partition coefficient (Wildman–Crippen LogP) is 2.49. The molecule has 1 atom stereocenters. The van der Waals surface area contributed by atoms with Crippen LogP contribution in [-0.2, 0) is 35.3 Å². The number of carbonyl (C=O) groups is 7. The largest absolute Gasteiger partial charge is 0.506 e. The molecule has 15 heteroatoms. The molecule has 0 bridgehead atoms. The lowest BCUT2D eigenvalue weighted by Gasteiger charge is -2.21. The van der Waals surface area contributed by atoms with Crippen molar-refractivity contribution in [3.8, 4) is 0 Å². The van der Waals surface area contributed by atoms with Crippen molar-refractivity contribution in [1.29, 1.82) is 0 Å². The Balaban J connectivity index is 0.00000135. The van der Waals surface area contributed by atoms with E-state index in [1.807, 2.05) is 6.92 Å². The minimum atomic E-state index is -1.38. The average molecular weight is 649 g/mol. The molecule has 1 aliphatic heterocycles. The van der Waals surface area contributed by atoms with E-state index < -0.39 is 35.5 Å². The third-order valence-corrected chi connectivity index (χ3v) is 6.84. The van der Waals surface area contributed by atoms with Gasteiger partial charge in [0.05, 0.1) is 12.0 Å². The maximum Gasteiger partial charge on any atom is 0.506 e. The molecule has 15 nitrogen and oxygen atoms in total. The summed E-state index contributed by atoms with van der Waals surface area (Å²) < 4.78 is 4.48. The third-order valence-electron chi connectivity index (χ3n) is 6.84. The smallest absolute Gasteiger partial charge is 0.450 e. The number of benzene rings is 1. The number of urea groups is 1. The monoisotopic (exact) mass is 648 g/mol. The molecule has 0 spiro atoms. The molecule has 7 amide bonds. The first-order chi connectivity index (χ1) is 21.6. The molecular weight excluding hydrogens is 600 g/mol. The van der Waals surface area contributed by atoms with Gasteiger partial charge in [0.2, 0.25) is 29.5 Å². The van der Waals surface area contributed by atoms with Gasteiger partial charge in [0.15, 0.2) is 0 Å². The highest BCUT2D eigenvalue weighted by molar-refractivity contribution is 6.05. The fourth-order valence-corrected chi connectivity index (χ4v) is 4.33. The first-order valence-electron chi connectivity index (χ1n) is 15.3. The summed E-state index contributed by atoms with van der Waals surface area (Å²) in [5, 5.41) is 18.8. The molecule has 1 aliphatic rings. The van der Waals surface area contributed by atoms with E-state index in [4.69, 9.17) is 10.8 Å². The predicted molar refractivity (Wildman–Crippen MR) is 169 cm³/mol. The fourth-order valence-electron chi connectivity index (χ4n) is 4.33. The van der Waals surface area contributed by atoms with Gasteiger partial charge in [-0.05, 0) is 42.9 Å². The second-order valence-electron chi connectivity index (χ2n) is 11.8. The van der Waals surface area contributed by atoms with E-state index in [0.717, 1.165) is 6.42 Å². The zero-order valence-corrected chi connectivity index (χ0v) is 27.3. The number of nitrogens with two attached hydrogens (primary N) is 1. The molecule has 0 saturated carbocycles. The highest BCUT2D eigenvalue weighted by atomic mass is 16.7. The van der Waals surface area contributed by atoms with E-state index in [2.05, 4.69) is 26.0 Å². The molecule has 7 N–H and O–H groups in total. The van der Waals surface area contributed by atoms with Gasteiger partial charge in [-0.1, -0.05) is 53.2 Å². The molecule has 1 saturated heterocycles. The first-order valence-corrected chi connectivity index (χ1v) is 15.3. The number of likely N-dealkylation sites (tertiary alicyclic amines) is 1. The van der Waals surface area contributed by atoms with Gasteiger partial charge in [-0.3, -0.25) is 28.9 Å². The number of imide groups is 1. The van der Waals surface area contributed by atoms with Crippen LogP contribution >= 0.6 is 0 Å². The second-order valence-corrected chi connectivity index (χ2v) is 11.8. The number of primary amides is 1. The lowest BCUT2D eigenvalue weighted by Crippen LogP contribution is -2.51. The van der Waals surface area contributed by atoms with Crippen LogP contribution in [0.5, 0.6) is 0 Å². The lowest BCUT2D eigenvalue weighted by atomic mass is 9.92. The Hall–Kier alpha value is -4.69. The van der Waals surface area contributed by atoms with Crippen molar-refractivity contribution in [2.75, 3.05) is 25.0 Å². The number of carbonyl (C=O) groups excluding carboxylic acids is 6. The number of hydrogen-bond acceptors (Lipinski definition) is 8. The summed E-state index contributed by atoms with van der Waals surface area (Å²) in [7, 11) is 0. The maximum atomic E-state index is 12.6. The summed E-state index contributed by atoms with van der Waals surface area (Å²) >= 11 is 0. The lowest BCUT2D eigenvalue weighted by molar-refractivity contribution is -0.141. The van der Waals surface area contributed by atoms with Crippen LogP contribution in [0.1, 0.15) is 78.7 Å². The zero-order valence-electron chi connectivity index (χ0n) is 27.3. The molecule has 0 aliphatic carbocycles. The van der Waals surface area contributed by atoms with Crippen LogP contribution < -0.4 is 27.0 Å². The van der Waals surface area contributed by atoms with E-state index in [9.17, 15) is 33.6 Å². The van der Waals surface area contributed by atoms with Gasteiger partial charge in [-0.15, -0.1) is 0 Å². The molecule has 46 heavy (non-hydrogen) atoms. The van der Waals surface area contributed by atoms with Crippen LogP contribution in [0.4, 0.5) is 15.3 Å².